The summed E-state index contributed by atoms with van der Waals surface area (Å²) in [5.41, 5.74) is 0. The van der Waals surface area contributed by atoms with E-state index in [1.165, 1.54) is 13.2 Å². The average molecular weight is 305 g/mol. The van der Waals surface area contributed by atoms with Crippen LogP contribution in [0.15, 0.2) is 16.6 Å². The zero-order valence-electron chi connectivity index (χ0n) is 8.08. The molecule has 0 saturated heterocycles. The van der Waals surface area contributed by atoms with Crippen LogP contribution < -0.4 is 4.74 Å². The van der Waals surface area contributed by atoms with Crippen molar-refractivity contribution < 1.29 is 19.0 Å². The fourth-order valence-electron chi connectivity index (χ4n) is 1.39. The van der Waals surface area contributed by atoms with Gasteiger partial charge in [-0.3, -0.25) is 0 Å². The van der Waals surface area contributed by atoms with Crippen molar-refractivity contribution in [3.05, 3.63) is 27.3 Å². The van der Waals surface area contributed by atoms with Gasteiger partial charge in [-0.15, -0.1) is 11.3 Å². The van der Waals surface area contributed by atoms with E-state index in [2.05, 4.69) is 15.9 Å². The van der Waals surface area contributed by atoms with E-state index in [0.717, 1.165) is 11.3 Å². The molecule has 0 spiro atoms. The maximum absolute atomic E-state index is 13.9. The third kappa shape index (κ3) is 1.68. The third-order valence-corrected chi connectivity index (χ3v) is 3.79. The number of aromatic carboxylic acids is 1. The van der Waals surface area contributed by atoms with Crippen LogP contribution in [-0.2, 0) is 0 Å². The van der Waals surface area contributed by atoms with Gasteiger partial charge in [-0.25, -0.2) is 9.18 Å². The Morgan fingerprint density at radius 1 is 1.56 bits per heavy atom. The standard InChI is InChI=1S/C10H6BrFO3S/c1-15-8-5(11)2-4-3-6(10(13)14)16-9(4)7(8)12/h2-3H,1H3,(H,13,14). The third-order valence-electron chi connectivity index (χ3n) is 2.07. The molecule has 0 saturated carbocycles. The number of fused-ring (bicyclic) bond motifs is 1. The highest BCUT2D eigenvalue weighted by Crippen LogP contribution is 2.38. The number of thiophene rings is 1. The predicted octanol–water partition coefficient (Wildman–Crippen LogP) is 3.51. The molecule has 0 aliphatic rings. The topological polar surface area (TPSA) is 46.5 Å². The highest BCUT2D eigenvalue weighted by Gasteiger charge is 2.17. The number of carboxylic acids is 1. The Hall–Kier alpha value is -1.14. The van der Waals surface area contributed by atoms with Crippen molar-refractivity contribution in [2.75, 3.05) is 7.11 Å². The minimum Gasteiger partial charge on any atom is -0.492 e. The molecule has 1 aromatic heterocycles. The average Bonchev–Trinajstić information content (AvgIpc) is 2.62. The van der Waals surface area contributed by atoms with Gasteiger partial charge in [-0.1, -0.05) is 0 Å². The molecule has 0 fully saturated rings. The number of methoxy groups -OCH3 is 1. The summed E-state index contributed by atoms with van der Waals surface area (Å²) in [6.07, 6.45) is 0. The molecule has 0 aliphatic heterocycles. The summed E-state index contributed by atoms with van der Waals surface area (Å²) < 4.78 is 19.5. The van der Waals surface area contributed by atoms with Gasteiger partial charge in [0, 0.05) is 0 Å². The van der Waals surface area contributed by atoms with Crippen LogP contribution in [0.3, 0.4) is 0 Å². The zero-order valence-corrected chi connectivity index (χ0v) is 10.5. The van der Waals surface area contributed by atoms with Crippen LogP contribution in [0, 0.1) is 5.82 Å². The van der Waals surface area contributed by atoms with Crippen molar-refractivity contribution in [3.63, 3.8) is 0 Å². The van der Waals surface area contributed by atoms with Crippen LogP contribution in [0.2, 0.25) is 0 Å². The summed E-state index contributed by atoms with van der Waals surface area (Å²) in [6, 6.07) is 3.08. The molecule has 84 valence electrons. The first-order chi connectivity index (χ1) is 7.54. The minimum atomic E-state index is -1.06. The van der Waals surface area contributed by atoms with Crippen LogP contribution in [0.1, 0.15) is 9.67 Å². The molecule has 0 aliphatic carbocycles. The molecule has 0 bridgehead atoms. The molecule has 1 aromatic carbocycles. The molecular formula is C10H6BrFO3S. The number of ether oxygens (including phenoxy) is 1. The maximum atomic E-state index is 13.9. The first kappa shape index (κ1) is 11.3. The zero-order chi connectivity index (χ0) is 11.9. The van der Waals surface area contributed by atoms with E-state index in [-0.39, 0.29) is 15.3 Å². The van der Waals surface area contributed by atoms with Crippen LogP contribution in [0.5, 0.6) is 5.75 Å². The summed E-state index contributed by atoms with van der Waals surface area (Å²) in [5.74, 6) is -1.51. The Morgan fingerprint density at radius 3 is 2.81 bits per heavy atom. The van der Waals surface area contributed by atoms with Crippen molar-refractivity contribution in [1.29, 1.82) is 0 Å². The maximum Gasteiger partial charge on any atom is 0.345 e. The number of halogens is 2. The summed E-state index contributed by atoms with van der Waals surface area (Å²) in [7, 11) is 1.36. The van der Waals surface area contributed by atoms with Crippen LogP contribution in [-0.4, -0.2) is 18.2 Å². The van der Waals surface area contributed by atoms with Gasteiger partial charge in [0.05, 0.1) is 16.3 Å². The first-order valence-electron chi connectivity index (χ1n) is 4.23. The Kier molecular flexibility index (Phi) is 2.86. The van der Waals surface area contributed by atoms with Crippen molar-refractivity contribution in [2.24, 2.45) is 0 Å². The first-order valence-corrected chi connectivity index (χ1v) is 5.84. The van der Waals surface area contributed by atoms with E-state index in [0.29, 0.717) is 9.86 Å². The highest BCUT2D eigenvalue weighted by atomic mass is 79.9. The Labute approximate surface area is 103 Å². The highest BCUT2D eigenvalue weighted by molar-refractivity contribution is 9.10. The lowest BCUT2D eigenvalue weighted by Gasteiger charge is -2.04. The van der Waals surface area contributed by atoms with Crippen molar-refractivity contribution >= 4 is 43.3 Å². The van der Waals surface area contributed by atoms with E-state index in [9.17, 15) is 9.18 Å². The second kappa shape index (κ2) is 4.03. The molecule has 16 heavy (non-hydrogen) atoms. The van der Waals surface area contributed by atoms with Crippen molar-refractivity contribution in [1.82, 2.24) is 0 Å². The van der Waals surface area contributed by atoms with E-state index in [1.54, 1.807) is 6.07 Å². The number of benzene rings is 1. The quantitative estimate of drug-likeness (QED) is 0.923. The lowest BCUT2D eigenvalue weighted by Crippen LogP contribution is -1.89. The monoisotopic (exact) mass is 304 g/mol. The van der Waals surface area contributed by atoms with Gasteiger partial charge in [0.2, 0.25) is 0 Å². The Bertz CT molecular complexity index is 579. The number of carbonyl (C=O) groups is 1. The molecule has 0 unspecified atom stereocenters. The largest absolute Gasteiger partial charge is 0.492 e. The van der Waals surface area contributed by atoms with Gasteiger partial charge in [0.15, 0.2) is 11.6 Å². The van der Waals surface area contributed by atoms with E-state index in [4.69, 9.17) is 9.84 Å². The van der Waals surface area contributed by atoms with Crippen molar-refractivity contribution in [2.45, 2.75) is 0 Å². The summed E-state index contributed by atoms with van der Waals surface area (Å²) in [4.78, 5) is 10.9. The lowest BCUT2D eigenvalue weighted by atomic mass is 10.2. The molecule has 2 rings (SSSR count). The molecule has 0 amide bonds. The second-order valence-electron chi connectivity index (χ2n) is 3.04. The summed E-state index contributed by atoms with van der Waals surface area (Å²) >= 11 is 4.06. The molecular weight excluding hydrogens is 299 g/mol. The lowest BCUT2D eigenvalue weighted by molar-refractivity contribution is 0.0702. The fourth-order valence-corrected chi connectivity index (χ4v) is 2.88. The number of hydrogen-bond acceptors (Lipinski definition) is 3. The fraction of sp³-hybridized carbons (Fsp3) is 0.100. The Morgan fingerprint density at radius 2 is 2.25 bits per heavy atom. The number of carboxylic acid groups (broad SMARTS) is 1. The van der Waals surface area contributed by atoms with Crippen molar-refractivity contribution in [3.8, 4) is 5.75 Å². The van der Waals surface area contributed by atoms with Gasteiger partial charge < -0.3 is 9.84 Å². The van der Waals surface area contributed by atoms with Crippen LogP contribution >= 0.6 is 27.3 Å². The van der Waals surface area contributed by atoms with Gasteiger partial charge in [0.1, 0.15) is 4.88 Å². The van der Waals surface area contributed by atoms with Gasteiger partial charge in [0.25, 0.3) is 0 Å². The van der Waals surface area contributed by atoms with Crippen LogP contribution in [0.25, 0.3) is 10.1 Å². The smallest absolute Gasteiger partial charge is 0.345 e. The second-order valence-corrected chi connectivity index (χ2v) is 4.95. The molecule has 3 nitrogen and oxygen atoms in total. The molecule has 1 N–H and O–H groups in total. The van der Waals surface area contributed by atoms with Gasteiger partial charge in [-0.05, 0) is 33.4 Å². The van der Waals surface area contributed by atoms with Crippen LogP contribution in [0.4, 0.5) is 4.39 Å². The normalized spacial score (nSPS) is 10.7. The summed E-state index contributed by atoms with van der Waals surface area (Å²) in [5, 5.41) is 9.37. The molecule has 2 aromatic rings. The molecule has 0 radical (unpaired) electrons. The molecule has 0 atom stereocenters. The number of rotatable bonds is 2. The number of hydrogen-bond donors (Lipinski definition) is 1. The van der Waals surface area contributed by atoms with E-state index < -0.39 is 11.8 Å². The van der Waals surface area contributed by atoms with Gasteiger partial charge >= 0.3 is 5.97 Å². The molecule has 1 heterocycles. The molecule has 6 heteroatoms. The minimum absolute atomic E-state index is 0.0892. The Balaban J connectivity index is 2.78. The predicted molar refractivity (Wildman–Crippen MR) is 63.0 cm³/mol. The van der Waals surface area contributed by atoms with E-state index in [1.807, 2.05) is 0 Å². The van der Waals surface area contributed by atoms with Gasteiger partial charge in [-0.2, -0.15) is 0 Å². The van der Waals surface area contributed by atoms with E-state index >= 15 is 0 Å². The summed E-state index contributed by atoms with van der Waals surface area (Å²) in [6.45, 7) is 0. The SMILES string of the molecule is COc1c(Br)cc2cc(C(=O)O)sc2c1F.